The van der Waals surface area contributed by atoms with E-state index in [2.05, 4.69) is 40.2 Å². The second-order valence-corrected chi connectivity index (χ2v) is 6.74. The zero-order valence-electron chi connectivity index (χ0n) is 12.9. The van der Waals surface area contributed by atoms with Crippen LogP contribution < -0.4 is 22.2 Å². The minimum atomic E-state index is 0. The summed E-state index contributed by atoms with van der Waals surface area (Å²) in [5.74, 6) is 1.10. The molecule has 2 aliphatic rings. The first kappa shape index (κ1) is 16.6. The van der Waals surface area contributed by atoms with Crippen molar-refractivity contribution >= 4 is 23.3 Å². The SMILES string of the molecule is [Cl-].c1ccc2c(c1)Sc1cccnc1N2CC[NH+]1CCOCC1. The van der Waals surface area contributed by atoms with Crippen LogP contribution in [0.15, 0.2) is 52.4 Å². The lowest BCUT2D eigenvalue weighted by Gasteiger charge is -2.33. The van der Waals surface area contributed by atoms with E-state index in [0.717, 1.165) is 45.2 Å². The average Bonchev–Trinajstić information content (AvgIpc) is 2.59. The molecule has 4 rings (SSSR count). The summed E-state index contributed by atoms with van der Waals surface area (Å²) in [6, 6.07) is 12.8. The van der Waals surface area contributed by atoms with Crippen LogP contribution in [0.4, 0.5) is 11.5 Å². The highest BCUT2D eigenvalue weighted by Gasteiger charge is 2.25. The molecule has 23 heavy (non-hydrogen) atoms. The summed E-state index contributed by atoms with van der Waals surface area (Å²) in [5, 5.41) is 0. The molecule has 0 amide bonds. The van der Waals surface area contributed by atoms with Crippen LogP contribution in [0.25, 0.3) is 0 Å². The number of pyridine rings is 1. The first-order chi connectivity index (χ1) is 10.9. The van der Waals surface area contributed by atoms with Gasteiger partial charge in [0.1, 0.15) is 18.9 Å². The Hall–Kier alpha value is -1.27. The minimum Gasteiger partial charge on any atom is -1.00 e. The second-order valence-electron chi connectivity index (χ2n) is 5.66. The number of fused-ring (bicyclic) bond motifs is 2. The Morgan fingerprint density at radius 2 is 1.87 bits per heavy atom. The molecule has 1 saturated heterocycles. The van der Waals surface area contributed by atoms with Gasteiger partial charge in [-0.15, -0.1) is 0 Å². The summed E-state index contributed by atoms with van der Waals surface area (Å²) in [6.07, 6.45) is 1.89. The van der Waals surface area contributed by atoms with Crippen molar-refractivity contribution in [2.75, 3.05) is 44.3 Å². The molecular weight excluding hydrogens is 330 g/mol. The molecule has 2 aromatic rings. The lowest BCUT2D eigenvalue weighted by molar-refractivity contribution is -0.906. The summed E-state index contributed by atoms with van der Waals surface area (Å²) in [4.78, 5) is 11.2. The molecule has 0 bridgehead atoms. The Labute approximate surface area is 147 Å². The van der Waals surface area contributed by atoms with Crippen molar-refractivity contribution in [2.45, 2.75) is 9.79 Å². The Balaban J connectivity index is 0.00000156. The minimum absolute atomic E-state index is 0. The first-order valence-electron chi connectivity index (χ1n) is 7.82. The van der Waals surface area contributed by atoms with Gasteiger partial charge in [-0.05, 0) is 24.3 Å². The fourth-order valence-electron chi connectivity index (χ4n) is 3.07. The lowest BCUT2D eigenvalue weighted by Crippen LogP contribution is -3.14. The number of nitrogens with zero attached hydrogens (tertiary/aromatic N) is 2. The van der Waals surface area contributed by atoms with Gasteiger partial charge in [0.25, 0.3) is 0 Å². The van der Waals surface area contributed by atoms with Gasteiger partial charge in [-0.3, -0.25) is 0 Å². The smallest absolute Gasteiger partial charge is 0.147 e. The van der Waals surface area contributed by atoms with E-state index in [4.69, 9.17) is 4.74 Å². The van der Waals surface area contributed by atoms with Gasteiger partial charge in [-0.2, -0.15) is 0 Å². The lowest BCUT2D eigenvalue weighted by atomic mass is 10.2. The molecular formula is C17H20ClN3OS. The van der Waals surface area contributed by atoms with Crippen molar-refractivity contribution in [3.63, 3.8) is 0 Å². The molecule has 1 fully saturated rings. The normalized spacial score (nSPS) is 17.1. The Morgan fingerprint density at radius 1 is 1.09 bits per heavy atom. The number of hydrogen-bond donors (Lipinski definition) is 1. The third kappa shape index (κ3) is 3.48. The van der Waals surface area contributed by atoms with E-state index >= 15 is 0 Å². The highest BCUT2D eigenvalue weighted by atomic mass is 35.5. The van der Waals surface area contributed by atoms with Crippen molar-refractivity contribution in [2.24, 2.45) is 0 Å². The fraction of sp³-hybridized carbons (Fsp3) is 0.353. The van der Waals surface area contributed by atoms with Gasteiger partial charge in [0.05, 0.1) is 36.9 Å². The predicted octanol–water partition coefficient (Wildman–Crippen LogP) is -1.40. The average molecular weight is 350 g/mol. The molecule has 4 nitrogen and oxygen atoms in total. The quantitative estimate of drug-likeness (QED) is 0.738. The van der Waals surface area contributed by atoms with Crippen LogP contribution in [0, 0.1) is 0 Å². The topological polar surface area (TPSA) is 29.8 Å². The third-order valence-electron chi connectivity index (χ3n) is 4.27. The number of anilines is 2. The van der Waals surface area contributed by atoms with Crippen molar-refractivity contribution in [1.29, 1.82) is 0 Å². The van der Waals surface area contributed by atoms with Gasteiger partial charge < -0.3 is 26.9 Å². The van der Waals surface area contributed by atoms with Crippen molar-refractivity contribution in [3.05, 3.63) is 42.6 Å². The fourth-order valence-corrected chi connectivity index (χ4v) is 4.14. The van der Waals surface area contributed by atoms with E-state index in [1.54, 1.807) is 4.90 Å². The largest absolute Gasteiger partial charge is 1.00 e. The van der Waals surface area contributed by atoms with Gasteiger partial charge >= 0.3 is 0 Å². The molecule has 0 aliphatic carbocycles. The van der Waals surface area contributed by atoms with E-state index in [0.29, 0.717) is 0 Å². The Morgan fingerprint density at radius 3 is 2.74 bits per heavy atom. The van der Waals surface area contributed by atoms with Gasteiger partial charge in [0.15, 0.2) is 0 Å². The number of nitrogens with one attached hydrogen (secondary N) is 1. The molecule has 0 atom stereocenters. The molecule has 0 radical (unpaired) electrons. The number of rotatable bonds is 3. The number of benzene rings is 1. The maximum Gasteiger partial charge on any atom is 0.147 e. The van der Waals surface area contributed by atoms with E-state index in [-0.39, 0.29) is 12.4 Å². The highest BCUT2D eigenvalue weighted by Crippen LogP contribution is 2.46. The van der Waals surface area contributed by atoms with Crippen LogP contribution in [-0.4, -0.2) is 44.4 Å². The van der Waals surface area contributed by atoms with Crippen LogP contribution in [0.5, 0.6) is 0 Å². The number of aromatic nitrogens is 1. The van der Waals surface area contributed by atoms with Crippen molar-refractivity contribution in [1.82, 2.24) is 4.98 Å². The maximum absolute atomic E-state index is 5.45. The molecule has 0 unspecified atom stereocenters. The van der Waals surface area contributed by atoms with E-state index in [1.807, 2.05) is 24.0 Å². The molecule has 1 aromatic heterocycles. The number of halogens is 1. The van der Waals surface area contributed by atoms with Gasteiger partial charge in [0.2, 0.25) is 0 Å². The van der Waals surface area contributed by atoms with E-state index in [9.17, 15) is 0 Å². The summed E-state index contributed by atoms with van der Waals surface area (Å²) < 4.78 is 5.45. The van der Waals surface area contributed by atoms with Gasteiger partial charge in [-0.1, -0.05) is 23.9 Å². The monoisotopic (exact) mass is 349 g/mol. The molecule has 122 valence electrons. The first-order valence-corrected chi connectivity index (χ1v) is 8.64. The summed E-state index contributed by atoms with van der Waals surface area (Å²) in [5.41, 5.74) is 1.28. The standard InChI is InChI=1S/C17H19N3OS.ClH/c1-2-5-15-14(4-1)20(9-8-19-10-12-21-13-11-19)17-16(22-15)6-3-7-18-17;/h1-7H,8-13H2;1H. The Bertz CT molecular complexity index is 618. The van der Waals surface area contributed by atoms with Crippen LogP contribution >= 0.6 is 11.8 Å². The van der Waals surface area contributed by atoms with Crippen LogP contribution in [0.3, 0.4) is 0 Å². The number of para-hydroxylation sites is 1. The molecule has 1 N–H and O–H groups in total. The molecule has 0 spiro atoms. The highest BCUT2D eigenvalue weighted by molar-refractivity contribution is 7.99. The number of ether oxygens (including phenoxy) is 1. The molecule has 3 heterocycles. The summed E-state index contributed by atoms with van der Waals surface area (Å²) in [7, 11) is 0. The number of hydrogen-bond acceptors (Lipinski definition) is 4. The zero-order valence-corrected chi connectivity index (χ0v) is 14.4. The van der Waals surface area contributed by atoms with E-state index in [1.165, 1.54) is 15.5 Å². The predicted molar refractivity (Wildman–Crippen MR) is 88.2 cm³/mol. The molecule has 2 aliphatic heterocycles. The second kappa shape index (κ2) is 7.53. The van der Waals surface area contributed by atoms with Crippen LogP contribution in [-0.2, 0) is 4.74 Å². The van der Waals surface area contributed by atoms with Gasteiger partial charge in [0, 0.05) is 11.1 Å². The number of quaternary nitrogens is 1. The molecule has 6 heteroatoms. The van der Waals surface area contributed by atoms with Crippen molar-refractivity contribution < 1.29 is 22.0 Å². The van der Waals surface area contributed by atoms with E-state index < -0.39 is 0 Å². The Kier molecular flexibility index (Phi) is 5.43. The van der Waals surface area contributed by atoms with Gasteiger partial charge in [-0.25, -0.2) is 4.98 Å². The van der Waals surface area contributed by atoms with Crippen LogP contribution in [0.1, 0.15) is 0 Å². The molecule has 0 saturated carbocycles. The zero-order chi connectivity index (χ0) is 14.8. The van der Waals surface area contributed by atoms with Crippen molar-refractivity contribution in [3.8, 4) is 0 Å². The third-order valence-corrected chi connectivity index (χ3v) is 5.38. The van der Waals surface area contributed by atoms with Crippen LogP contribution in [0.2, 0.25) is 0 Å². The maximum atomic E-state index is 5.45. The number of morpholine rings is 1. The summed E-state index contributed by atoms with van der Waals surface area (Å²) in [6.45, 7) is 6.11. The molecule has 1 aromatic carbocycles. The summed E-state index contributed by atoms with van der Waals surface area (Å²) >= 11 is 1.82.